The van der Waals surface area contributed by atoms with Crippen molar-refractivity contribution in [3.8, 4) is 5.75 Å². The Balaban J connectivity index is 1.59. The number of rotatable bonds is 7. The SMILES string of the molecule is C[C@@H]1CN([C@H](C)CO)C(=O)c2cccc(NC(=O)Nc3ccc(F)cc3)c2O[C@H]1CN(C)C(=O)NC1CCCCC1. The molecule has 5 amide bonds. The Morgan fingerprint density at radius 1 is 1.12 bits per heavy atom. The van der Waals surface area contributed by atoms with Crippen LogP contribution in [0.4, 0.5) is 25.4 Å². The molecule has 1 aliphatic carbocycles. The Hall–Kier alpha value is -3.86. The van der Waals surface area contributed by atoms with Crippen molar-refractivity contribution in [1.82, 2.24) is 15.1 Å². The van der Waals surface area contributed by atoms with Gasteiger partial charge in [0.15, 0.2) is 5.75 Å². The van der Waals surface area contributed by atoms with E-state index in [9.17, 15) is 23.9 Å². The number of likely N-dealkylation sites (N-methyl/N-ethyl adjacent to an activating group) is 1. The monoisotopic (exact) mass is 569 g/mol. The van der Waals surface area contributed by atoms with E-state index < -0.39 is 24.0 Å². The second-order valence-electron chi connectivity index (χ2n) is 11.1. The predicted molar refractivity (Wildman–Crippen MR) is 155 cm³/mol. The van der Waals surface area contributed by atoms with E-state index in [2.05, 4.69) is 16.0 Å². The van der Waals surface area contributed by atoms with Gasteiger partial charge < -0.3 is 35.6 Å². The molecule has 1 saturated carbocycles. The lowest BCUT2D eigenvalue weighted by Crippen LogP contribution is -2.52. The summed E-state index contributed by atoms with van der Waals surface area (Å²) in [6.45, 7) is 4.03. The molecular weight excluding hydrogens is 529 g/mol. The van der Waals surface area contributed by atoms with Crippen molar-refractivity contribution in [3.63, 3.8) is 0 Å². The molecule has 3 atom stereocenters. The van der Waals surface area contributed by atoms with Crippen molar-refractivity contribution in [2.24, 2.45) is 5.92 Å². The van der Waals surface area contributed by atoms with Gasteiger partial charge in [-0.2, -0.15) is 0 Å². The first-order chi connectivity index (χ1) is 19.7. The molecule has 41 heavy (non-hydrogen) atoms. The molecule has 10 nitrogen and oxygen atoms in total. The number of ether oxygens (including phenoxy) is 1. The summed E-state index contributed by atoms with van der Waals surface area (Å²) in [5, 5.41) is 18.4. The maximum absolute atomic E-state index is 13.7. The Morgan fingerprint density at radius 2 is 1.83 bits per heavy atom. The van der Waals surface area contributed by atoms with Gasteiger partial charge in [-0.3, -0.25) is 4.79 Å². The molecule has 0 bridgehead atoms. The number of fused-ring (bicyclic) bond motifs is 1. The zero-order chi connectivity index (χ0) is 29.5. The van der Waals surface area contributed by atoms with Crippen molar-refractivity contribution < 1.29 is 28.6 Å². The second-order valence-corrected chi connectivity index (χ2v) is 11.1. The Kier molecular flexibility index (Phi) is 10.0. The molecule has 1 aliphatic heterocycles. The summed E-state index contributed by atoms with van der Waals surface area (Å²) in [5.74, 6) is -0.795. The molecule has 2 aromatic carbocycles. The molecule has 1 heterocycles. The zero-order valence-electron chi connectivity index (χ0n) is 23.9. The van der Waals surface area contributed by atoms with E-state index in [1.807, 2.05) is 6.92 Å². The number of anilines is 2. The van der Waals surface area contributed by atoms with Gasteiger partial charge in [-0.1, -0.05) is 32.3 Å². The van der Waals surface area contributed by atoms with Crippen molar-refractivity contribution in [2.45, 2.75) is 64.1 Å². The van der Waals surface area contributed by atoms with Crippen LogP contribution >= 0.6 is 0 Å². The minimum absolute atomic E-state index is 0.157. The first-order valence-corrected chi connectivity index (χ1v) is 14.2. The third-order valence-electron chi connectivity index (χ3n) is 7.77. The number of amides is 5. The highest BCUT2D eigenvalue weighted by molar-refractivity contribution is 6.04. The number of nitrogens with zero attached hydrogens (tertiary/aromatic N) is 2. The highest BCUT2D eigenvalue weighted by Gasteiger charge is 2.35. The fourth-order valence-corrected chi connectivity index (χ4v) is 5.26. The number of aliphatic hydroxyl groups excluding tert-OH is 1. The third kappa shape index (κ3) is 7.66. The minimum Gasteiger partial charge on any atom is -0.485 e. The lowest BCUT2D eigenvalue weighted by atomic mass is 9.96. The van der Waals surface area contributed by atoms with E-state index in [1.54, 1.807) is 42.0 Å². The predicted octanol–water partition coefficient (Wildman–Crippen LogP) is 4.66. The number of hydrogen-bond acceptors (Lipinski definition) is 5. The van der Waals surface area contributed by atoms with Crippen LogP contribution in [0.15, 0.2) is 42.5 Å². The Labute approximate surface area is 240 Å². The number of hydrogen-bond donors (Lipinski definition) is 4. The lowest BCUT2D eigenvalue weighted by molar-refractivity contribution is 0.0368. The van der Waals surface area contributed by atoms with Crippen LogP contribution in [0.3, 0.4) is 0 Å². The first-order valence-electron chi connectivity index (χ1n) is 14.2. The summed E-state index contributed by atoms with van der Waals surface area (Å²) in [6, 6.07) is 9.14. The normalized spacial score (nSPS) is 20.1. The largest absolute Gasteiger partial charge is 0.485 e. The number of para-hydroxylation sites is 1. The number of halogens is 1. The third-order valence-corrected chi connectivity index (χ3v) is 7.77. The van der Waals surface area contributed by atoms with Crippen molar-refractivity contribution in [1.29, 1.82) is 0 Å². The standard InChI is InChI=1S/C30H40FN5O5/c1-19-16-36(20(2)18-37)28(38)24-10-7-11-25(34-29(39)32-23-14-12-21(31)13-15-23)27(24)41-26(19)17-35(3)30(40)33-22-8-5-4-6-9-22/h7,10-15,19-20,22,26,37H,4-6,8-9,16-18H2,1-3H3,(H,33,40)(H2,32,34,39)/t19-,20-,26+/m1/s1. The molecule has 0 unspecified atom stereocenters. The molecule has 2 aliphatic rings. The molecule has 222 valence electrons. The van der Waals surface area contributed by atoms with E-state index >= 15 is 0 Å². The molecule has 4 N–H and O–H groups in total. The average molecular weight is 570 g/mol. The van der Waals surface area contributed by atoms with Crippen LogP contribution in [0.1, 0.15) is 56.3 Å². The molecule has 0 saturated heterocycles. The van der Waals surface area contributed by atoms with Crippen LogP contribution in [-0.2, 0) is 0 Å². The van der Waals surface area contributed by atoms with Crippen LogP contribution in [-0.4, -0.2) is 77.8 Å². The van der Waals surface area contributed by atoms with Gasteiger partial charge in [-0.15, -0.1) is 0 Å². The van der Waals surface area contributed by atoms with Crippen molar-refractivity contribution in [3.05, 3.63) is 53.8 Å². The maximum Gasteiger partial charge on any atom is 0.323 e. The van der Waals surface area contributed by atoms with Gasteiger partial charge in [0.25, 0.3) is 5.91 Å². The summed E-state index contributed by atoms with van der Waals surface area (Å²) in [5.41, 5.74) is 0.885. The molecular formula is C30H40FN5O5. The van der Waals surface area contributed by atoms with Gasteiger partial charge >= 0.3 is 12.1 Å². The van der Waals surface area contributed by atoms with Gasteiger partial charge in [0.1, 0.15) is 11.9 Å². The average Bonchev–Trinajstić information content (AvgIpc) is 2.96. The molecule has 0 radical (unpaired) electrons. The van der Waals surface area contributed by atoms with E-state index in [-0.39, 0.29) is 54.1 Å². The Morgan fingerprint density at radius 3 is 2.51 bits per heavy atom. The molecule has 0 aromatic heterocycles. The fourth-order valence-electron chi connectivity index (χ4n) is 5.26. The molecule has 2 aromatic rings. The number of benzene rings is 2. The van der Waals surface area contributed by atoms with Crippen LogP contribution in [0, 0.1) is 11.7 Å². The van der Waals surface area contributed by atoms with Crippen LogP contribution in [0.5, 0.6) is 5.75 Å². The van der Waals surface area contributed by atoms with Gasteiger partial charge in [0, 0.05) is 31.2 Å². The van der Waals surface area contributed by atoms with E-state index in [0.29, 0.717) is 12.2 Å². The molecule has 4 rings (SSSR count). The molecule has 1 fully saturated rings. The highest BCUT2D eigenvalue weighted by Crippen LogP contribution is 2.35. The van der Waals surface area contributed by atoms with E-state index in [4.69, 9.17) is 4.74 Å². The smallest absolute Gasteiger partial charge is 0.323 e. The Bertz CT molecular complexity index is 1220. The molecule has 11 heteroatoms. The summed E-state index contributed by atoms with van der Waals surface area (Å²) >= 11 is 0. The summed E-state index contributed by atoms with van der Waals surface area (Å²) in [7, 11) is 1.72. The topological polar surface area (TPSA) is 123 Å². The number of carbonyl (C=O) groups excluding carboxylic acids is 3. The second kappa shape index (κ2) is 13.7. The van der Waals surface area contributed by atoms with Gasteiger partial charge in [-0.05, 0) is 56.2 Å². The quantitative estimate of drug-likeness (QED) is 0.386. The number of aliphatic hydroxyl groups is 1. The summed E-state index contributed by atoms with van der Waals surface area (Å²) < 4.78 is 19.7. The summed E-state index contributed by atoms with van der Waals surface area (Å²) in [6.07, 6.45) is 4.80. The van der Waals surface area contributed by atoms with E-state index in [1.165, 1.54) is 30.7 Å². The zero-order valence-corrected chi connectivity index (χ0v) is 23.9. The summed E-state index contributed by atoms with van der Waals surface area (Å²) in [4.78, 5) is 42.7. The first kappa shape index (κ1) is 30.1. The van der Waals surface area contributed by atoms with E-state index in [0.717, 1.165) is 25.7 Å². The highest BCUT2D eigenvalue weighted by atomic mass is 19.1. The lowest BCUT2D eigenvalue weighted by Gasteiger charge is -2.38. The van der Waals surface area contributed by atoms with Gasteiger partial charge in [0.05, 0.1) is 30.4 Å². The fraction of sp³-hybridized carbons (Fsp3) is 0.500. The van der Waals surface area contributed by atoms with Crippen LogP contribution in [0.2, 0.25) is 0 Å². The minimum atomic E-state index is -0.600. The number of nitrogens with one attached hydrogen (secondary N) is 3. The van der Waals surface area contributed by atoms with Crippen molar-refractivity contribution >= 4 is 29.3 Å². The number of carbonyl (C=O) groups is 3. The van der Waals surface area contributed by atoms with Crippen LogP contribution in [0.25, 0.3) is 0 Å². The van der Waals surface area contributed by atoms with Crippen molar-refractivity contribution in [2.75, 3.05) is 37.4 Å². The van der Waals surface area contributed by atoms with Crippen LogP contribution < -0.4 is 20.7 Å². The molecule has 0 spiro atoms. The number of urea groups is 2. The maximum atomic E-state index is 13.7. The van der Waals surface area contributed by atoms with Gasteiger partial charge in [-0.25, -0.2) is 14.0 Å². The van der Waals surface area contributed by atoms with Gasteiger partial charge in [0.2, 0.25) is 0 Å².